The summed E-state index contributed by atoms with van der Waals surface area (Å²) in [4.78, 5) is 15.8. The second kappa shape index (κ2) is 5.68. The summed E-state index contributed by atoms with van der Waals surface area (Å²) in [7, 11) is 0. The van der Waals surface area contributed by atoms with E-state index in [1.165, 1.54) is 0 Å². The Morgan fingerprint density at radius 2 is 2.12 bits per heavy atom. The van der Waals surface area contributed by atoms with Gasteiger partial charge in [0.05, 0.1) is 30.5 Å². The van der Waals surface area contributed by atoms with Crippen molar-refractivity contribution in [1.29, 1.82) is 0 Å². The molecule has 2 aliphatic rings. The first-order chi connectivity index (χ1) is 11.5. The second-order valence-electron chi connectivity index (χ2n) is 6.68. The van der Waals surface area contributed by atoms with Gasteiger partial charge in [-0.15, -0.1) is 0 Å². The summed E-state index contributed by atoms with van der Waals surface area (Å²) in [5, 5.41) is 0. The SMILES string of the molecule is C[C@@H]1COCCN1c1cc(C2(N)CC2)nc(-c2ccnc(N)c2)n1. The molecule has 0 aromatic carbocycles. The second-order valence-corrected chi connectivity index (χ2v) is 6.68. The molecular formula is C17H22N6O. The first-order valence-corrected chi connectivity index (χ1v) is 8.30. The van der Waals surface area contributed by atoms with Gasteiger partial charge in [0.2, 0.25) is 0 Å². The zero-order valence-electron chi connectivity index (χ0n) is 13.8. The zero-order valence-corrected chi connectivity index (χ0v) is 13.8. The van der Waals surface area contributed by atoms with E-state index in [9.17, 15) is 0 Å². The molecule has 4 N–H and O–H groups in total. The molecule has 2 aromatic heterocycles. The monoisotopic (exact) mass is 326 g/mol. The lowest BCUT2D eigenvalue weighted by molar-refractivity contribution is 0.0985. The van der Waals surface area contributed by atoms with Crippen molar-refractivity contribution in [3.05, 3.63) is 30.1 Å². The highest BCUT2D eigenvalue weighted by Crippen LogP contribution is 2.43. The summed E-state index contributed by atoms with van der Waals surface area (Å²) in [5.74, 6) is 2.00. The number of nitrogens with two attached hydrogens (primary N) is 2. The topological polar surface area (TPSA) is 103 Å². The number of hydrogen-bond donors (Lipinski definition) is 2. The number of rotatable bonds is 3. The third kappa shape index (κ3) is 2.81. The van der Waals surface area contributed by atoms with E-state index in [2.05, 4.69) is 16.8 Å². The Bertz CT molecular complexity index is 760. The summed E-state index contributed by atoms with van der Waals surface area (Å²) in [6.45, 7) is 4.35. The standard InChI is InChI=1S/C17H22N6O/c1-11-10-24-7-6-23(11)15-9-13(17(19)3-4-17)21-16(22-15)12-2-5-20-14(18)8-12/h2,5,8-9,11H,3-4,6-7,10,19H2,1H3,(H2,18,20)/t11-/m1/s1. The van der Waals surface area contributed by atoms with E-state index in [4.69, 9.17) is 26.2 Å². The van der Waals surface area contributed by atoms with Crippen molar-refractivity contribution in [3.8, 4) is 11.4 Å². The van der Waals surface area contributed by atoms with Crippen molar-refractivity contribution in [2.45, 2.75) is 31.3 Å². The van der Waals surface area contributed by atoms with Crippen LogP contribution in [0.1, 0.15) is 25.5 Å². The van der Waals surface area contributed by atoms with Crippen LogP contribution in [0.15, 0.2) is 24.4 Å². The first-order valence-electron chi connectivity index (χ1n) is 8.30. The summed E-state index contributed by atoms with van der Waals surface area (Å²) in [6, 6.07) is 5.97. The lowest BCUT2D eigenvalue weighted by atomic mass is 10.1. The summed E-state index contributed by atoms with van der Waals surface area (Å²) >= 11 is 0. The van der Waals surface area contributed by atoms with Gasteiger partial charge in [0.25, 0.3) is 0 Å². The fourth-order valence-electron chi connectivity index (χ4n) is 3.01. The van der Waals surface area contributed by atoms with Crippen molar-refractivity contribution in [2.75, 3.05) is 30.4 Å². The van der Waals surface area contributed by atoms with Crippen molar-refractivity contribution >= 4 is 11.6 Å². The van der Waals surface area contributed by atoms with Crippen LogP contribution in [-0.2, 0) is 10.3 Å². The Kier molecular flexibility index (Phi) is 3.62. The average Bonchev–Trinajstić information content (AvgIpc) is 3.34. The number of pyridine rings is 1. The van der Waals surface area contributed by atoms with Crippen molar-refractivity contribution in [3.63, 3.8) is 0 Å². The number of nitrogens with zero attached hydrogens (tertiary/aromatic N) is 4. The number of hydrogen-bond acceptors (Lipinski definition) is 7. The molecule has 1 aliphatic heterocycles. The van der Waals surface area contributed by atoms with Gasteiger partial charge in [-0.05, 0) is 31.9 Å². The largest absolute Gasteiger partial charge is 0.384 e. The van der Waals surface area contributed by atoms with Gasteiger partial charge in [-0.3, -0.25) is 0 Å². The minimum Gasteiger partial charge on any atom is -0.384 e. The Morgan fingerprint density at radius 1 is 1.29 bits per heavy atom. The third-order valence-corrected chi connectivity index (χ3v) is 4.71. The smallest absolute Gasteiger partial charge is 0.162 e. The van der Waals surface area contributed by atoms with Gasteiger partial charge in [-0.1, -0.05) is 0 Å². The normalized spacial score (nSPS) is 22.4. The minimum absolute atomic E-state index is 0.268. The van der Waals surface area contributed by atoms with E-state index in [1.54, 1.807) is 12.3 Å². The highest BCUT2D eigenvalue weighted by atomic mass is 16.5. The molecule has 0 spiro atoms. The fourth-order valence-corrected chi connectivity index (χ4v) is 3.01. The van der Waals surface area contributed by atoms with E-state index in [-0.39, 0.29) is 11.6 Å². The fraction of sp³-hybridized carbons (Fsp3) is 0.471. The van der Waals surface area contributed by atoms with Crippen molar-refractivity contribution in [2.24, 2.45) is 5.73 Å². The molecule has 0 radical (unpaired) electrons. The molecule has 0 unspecified atom stereocenters. The quantitative estimate of drug-likeness (QED) is 0.876. The maximum atomic E-state index is 6.41. The molecular weight excluding hydrogens is 304 g/mol. The number of anilines is 2. The highest BCUT2D eigenvalue weighted by molar-refractivity contribution is 5.61. The van der Waals surface area contributed by atoms with Crippen LogP contribution in [0.3, 0.4) is 0 Å². The van der Waals surface area contributed by atoms with E-state index in [1.807, 2.05) is 12.1 Å². The van der Waals surface area contributed by atoms with Gasteiger partial charge in [0, 0.05) is 24.4 Å². The van der Waals surface area contributed by atoms with Crippen LogP contribution < -0.4 is 16.4 Å². The van der Waals surface area contributed by atoms with Crippen molar-refractivity contribution < 1.29 is 4.74 Å². The van der Waals surface area contributed by atoms with E-state index >= 15 is 0 Å². The Hall–Kier alpha value is -2.25. The summed E-state index contributed by atoms with van der Waals surface area (Å²) in [6.07, 6.45) is 3.59. The molecule has 7 heteroatoms. The third-order valence-electron chi connectivity index (χ3n) is 4.71. The molecule has 1 saturated carbocycles. The molecule has 2 fully saturated rings. The Morgan fingerprint density at radius 3 is 2.83 bits per heavy atom. The zero-order chi connectivity index (χ0) is 16.7. The number of aromatic nitrogens is 3. The lowest BCUT2D eigenvalue weighted by Crippen LogP contribution is -2.44. The predicted octanol–water partition coefficient (Wildman–Crippen LogP) is 1.29. The van der Waals surface area contributed by atoms with E-state index < -0.39 is 0 Å². The minimum atomic E-state index is -0.319. The molecule has 3 heterocycles. The average molecular weight is 326 g/mol. The maximum absolute atomic E-state index is 6.41. The number of ether oxygens (including phenoxy) is 1. The maximum Gasteiger partial charge on any atom is 0.162 e. The molecule has 4 rings (SSSR count). The first kappa shape index (κ1) is 15.3. The number of nitrogen functional groups attached to an aromatic ring is 1. The molecule has 1 aliphatic carbocycles. The van der Waals surface area contributed by atoms with Crippen LogP contribution >= 0.6 is 0 Å². The van der Waals surface area contributed by atoms with Crippen LogP contribution in [0.4, 0.5) is 11.6 Å². The van der Waals surface area contributed by atoms with Crippen LogP contribution in [0.25, 0.3) is 11.4 Å². The Labute approximate surface area is 141 Å². The molecule has 24 heavy (non-hydrogen) atoms. The molecule has 126 valence electrons. The highest BCUT2D eigenvalue weighted by Gasteiger charge is 2.42. The van der Waals surface area contributed by atoms with Crippen LogP contribution in [0, 0.1) is 0 Å². The van der Waals surface area contributed by atoms with Gasteiger partial charge >= 0.3 is 0 Å². The van der Waals surface area contributed by atoms with Crippen LogP contribution in [0.2, 0.25) is 0 Å². The summed E-state index contributed by atoms with van der Waals surface area (Å²) in [5.41, 5.74) is 13.7. The van der Waals surface area contributed by atoms with Crippen molar-refractivity contribution in [1.82, 2.24) is 15.0 Å². The van der Waals surface area contributed by atoms with Gasteiger partial charge in [0.15, 0.2) is 5.82 Å². The van der Waals surface area contributed by atoms with Gasteiger partial charge in [0.1, 0.15) is 11.6 Å². The molecule has 1 saturated heterocycles. The van der Waals surface area contributed by atoms with E-state index in [0.29, 0.717) is 24.9 Å². The van der Waals surface area contributed by atoms with E-state index in [0.717, 1.165) is 36.5 Å². The van der Waals surface area contributed by atoms with Gasteiger partial charge in [-0.2, -0.15) is 0 Å². The van der Waals surface area contributed by atoms with Gasteiger partial charge in [-0.25, -0.2) is 15.0 Å². The molecule has 0 amide bonds. The predicted molar refractivity (Wildman–Crippen MR) is 92.4 cm³/mol. The molecule has 0 bridgehead atoms. The Balaban J connectivity index is 1.80. The molecule has 7 nitrogen and oxygen atoms in total. The molecule has 1 atom stereocenters. The van der Waals surface area contributed by atoms with Crippen LogP contribution in [-0.4, -0.2) is 40.8 Å². The number of morpholine rings is 1. The molecule has 2 aromatic rings. The van der Waals surface area contributed by atoms with Crippen LogP contribution in [0.5, 0.6) is 0 Å². The lowest BCUT2D eigenvalue weighted by Gasteiger charge is -2.34. The summed E-state index contributed by atoms with van der Waals surface area (Å²) < 4.78 is 5.54. The van der Waals surface area contributed by atoms with Gasteiger partial charge < -0.3 is 21.1 Å².